The third-order valence-electron chi connectivity index (χ3n) is 4.65. The summed E-state index contributed by atoms with van der Waals surface area (Å²) in [4.78, 5) is 4.99. The molecule has 0 aliphatic rings. The highest BCUT2D eigenvalue weighted by atomic mass is 79.9. The van der Waals surface area contributed by atoms with E-state index in [0.29, 0.717) is 12.1 Å². The van der Waals surface area contributed by atoms with E-state index < -0.39 is 10.0 Å². The van der Waals surface area contributed by atoms with E-state index in [9.17, 15) is 8.42 Å². The van der Waals surface area contributed by atoms with E-state index in [-0.39, 0.29) is 4.90 Å². The Labute approximate surface area is 174 Å². The van der Waals surface area contributed by atoms with Gasteiger partial charge in [0.15, 0.2) is 0 Å². The van der Waals surface area contributed by atoms with Crippen molar-refractivity contribution in [3.63, 3.8) is 0 Å². The van der Waals surface area contributed by atoms with Gasteiger partial charge in [0.2, 0.25) is 10.0 Å². The molecule has 3 rings (SSSR count). The molecule has 1 heterocycles. The minimum atomic E-state index is -3.49. The molecule has 0 radical (unpaired) electrons. The maximum Gasteiger partial charge on any atom is 0.242 e. The first kappa shape index (κ1) is 20.8. The monoisotopic (exact) mass is 464 g/mol. The van der Waals surface area contributed by atoms with E-state index in [2.05, 4.69) is 45.7 Å². The smallest absolute Gasteiger partial charge is 0.242 e. The molecule has 0 unspecified atom stereocenters. The number of nitrogens with one attached hydrogen (secondary N) is 1. The van der Waals surface area contributed by atoms with Crippen LogP contribution in [-0.4, -0.2) is 36.4 Å². The molecule has 150 valence electrons. The zero-order chi connectivity index (χ0) is 20.5. The second-order valence-corrected chi connectivity index (χ2v) is 10.00. The maximum atomic E-state index is 12.4. The molecule has 28 heavy (non-hydrogen) atoms. The quantitative estimate of drug-likeness (QED) is 0.563. The summed E-state index contributed by atoms with van der Waals surface area (Å²) in [6, 6.07) is 11.3. The lowest BCUT2D eigenvalue weighted by atomic mass is 10.2. The summed E-state index contributed by atoms with van der Waals surface area (Å²) in [5.41, 5.74) is 3.84. The van der Waals surface area contributed by atoms with Crippen molar-refractivity contribution in [2.24, 2.45) is 0 Å². The molecular formula is C20H25BrN4O2S. The molecule has 0 atom stereocenters. The van der Waals surface area contributed by atoms with Crippen LogP contribution in [0.3, 0.4) is 0 Å². The zero-order valence-corrected chi connectivity index (χ0v) is 18.9. The van der Waals surface area contributed by atoms with Gasteiger partial charge in [0, 0.05) is 30.8 Å². The Kier molecular flexibility index (Phi) is 6.12. The van der Waals surface area contributed by atoms with Gasteiger partial charge in [-0.15, -0.1) is 0 Å². The lowest BCUT2D eigenvalue weighted by molar-refractivity contribution is 0.521. The van der Waals surface area contributed by atoms with Crippen LogP contribution in [0.25, 0.3) is 11.0 Å². The third-order valence-corrected chi connectivity index (χ3v) is 6.95. The highest BCUT2D eigenvalue weighted by Crippen LogP contribution is 2.24. The van der Waals surface area contributed by atoms with Crippen LogP contribution in [0.2, 0.25) is 0 Å². The molecule has 0 fully saturated rings. The van der Waals surface area contributed by atoms with Crippen LogP contribution < -0.4 is 5.32 Å². The highest BCUT2D eigenvalue weighted by molar-refractivity contribution is 9.10. The molecule has 0 amide bonds. The minimum absolute atomic E-state index is 0.259. The number of benzene rings is 2. The van der Waals surface area contributed by atoms with Crippen LogP contribution in [0.4, 0.5) is 5.69 Å². The second-order valence-electron chi connectivity index (χ2n) is 6.93. The normalized spacial score (nSPS) is 12.1. The first-order chi connectivity index (χ1) is 13.2. The number of aromatic nitrogens is 2. The Bertz CT molecular complexity index is 1110. The fraction of sp³-hybridized carbons (Fsp3) is 0.350. The van der Waals surface area contributed by atoms with Crippen LogP contribution in [-0.2, 0) is 23.1 Å². The average Bonchev–Trinajstić information content (AvgIpc) is 2.98. The molecule has 1 N–H and O–H groups in total. The van der Waals surface area contributed by atoms with Gasteiger partial charge in [0.25, 0.3) is 0 Å². The molecule has 2 aromatic carbocycles. The number of halogens is 1. The van der Waals surface area contributed by atoms with Crippen molar-refractivity contribution in [2.75, 3.05) is 19.4 Å². The number of anilines is 1. The van der Waals surface area contributed by atoms with E-state index in [0.717, 1.165) is 40.0 Å². The van der Waals surface area contributed by atoms with E-state index in [1.165, 1.54) is 18.4 Å². The number of fused-ring (bicyclic) bond motifs is 1. The predicted octanol–water partition coefficient (Wildman–Crippen LogP) is 4.38. The van der Waals surface area contributed by atoms with Gasteiger partial charge in [-0.3, -0.25) is 0 Å². The Hall–Kier alpha value is -1.90. The molecule has 0 saturated heterocycles. The molecule has 3 aromatic rings. The van der Waals surface area contributed by atoms with Gasteiger partial charge < -0.3 is 9.88 Å². The molecule has 0 spiro atoms. The molecule has 0 aliphatic carbocycles. The molecule has 8 heteroatoms. The van der Waals surface area contributed by atoms with E-state index in [1.807, 2.05) is 18.2 Å². The van der Waals surface area contributed by atoms with Gasteiger partial charge in [-0.05, 0) is 55.3 Å². The third kappa shape index (κ3) is 4.09. The van der Waals surface area contributed by atoms with Crippen molar-refractivity contribution < 1.29 is 8.42 Å². The van der Waals surface area contributed by atoms with Gasteiger partial charge in [0.1, 0.15) is 5.82 Å². The highest BCUT2D eigenvalue weighted by Gasteiger charge is 2.19. The maximum absolute atomic E-state index is 12.4. The van der Waals surface area contributed by atoms with Crippen LogP contribution in [0.5, 0.6) is 0 Å². The number of hydrogen-bond acceptors (Lipinski definition) is 4. The lowest BCUT2D eigenvalue weighted by Crippen LogP contribution is -2.22. The molecule has 0 aliphatic heterocycles. The van der Waals surface area contributed by atoms with Gasteiger partial charge in [-0.2, -0.15) is 0 Å². The van der Waals surface area contributed by atoms with E-state index >= 15 is 0 Å². The first-order valence-electron chi connectivity index (χ1n) is 9.15. The SMILES string of the molecule is CCCn1c(CNc2ccc(Br)cc2C)nc2cc(S(=O)(=O)N(C)C)ccc21. The number of imidazole rings is 1. The van der Waals surface area contributed by atoms with Crippen LogP contribution >= 0.6 is 15.9 Å². The van der Waals surface area contributed by atoms with Gasteiger partial charge in [0.05, 0.1) is 22.5 Å². The summed E-state index contributed by atoms with van der Waals surface area (Å²) in [5, 5.41) is 3.45. The fourth-order valence-electron chi connectivity index (χ4n) is 3.14. The molecule has 0 bridgehead atoms. The summed E-state index contributed by atoms with van der Waals surface area (Å²) in [6.45, 7) is 5.56. The van der Waals surface area contributed by atoms with Crippen LogP contribution in [0, 0.1) is 6.92 Å². The van der Waals surface area contributed by atoms with Gasteiger partial charge in [-0.1, -0.05) is 22.9 Å². The first-order valence-corrected chi connectivity index (χ1v) is 11.4. The Balaban J connectivity index is 1.98. The minimum Gasteiger partial charge on any atom is -0.378 e. The Morgan fingerprint density at radius 3 is 2.57 bits per heavy atom. The summed E-state index contributed by atoms with van der Waals surface area (Å²) in [6.07, 6.45) is 0.966. The molecular weight excluding hydrogens is 440 g/mol. The zero-order valence-electron chi connectivity index (χ0n) is 16.5. The van der Waals surface area contributed by atoms with Crippen molar-refractivity contribution in [3.8, 4) is 0 Å². The van der Waals surface area contributed by atoms with Crippen LogP contribution in [0.15, 0.2) is 45.8 Å². The summed E-state index contributed by atoms with van der Waals surface area (Å²) < 4.78 is 29.3. The van der Waals surface area contributed by atoms with Gasteiger partial charge in [-0.25, -0.2) is 17.7 Å². The number of rotatable bonds is 7. The van der Waals surface area contributed by atoms with E-state index in [4.69, 9.17) is 4.98 Å². The average molecular weight is 465 g/mol. The number of hydrogen-bond donors (Lipinski definition) is 1. The summed E-state index contributed by atoms with van der Waals surface area (Å²) in [7, 11) is -0.420. The fourth-order valence-corrected chi connectivity index (χ4v) is 4.54. The number of aryl methyl sites for hydroxylation is 2. The topological polar surface area (TPSA) is 67.2 Å². The molecule has 0 saturated carbocycles. The predicted molar refractivity (Wildman–Crippen MR) is 117 cm³/mol. The van der Waals surface area contributed by atoms with Crippen molar-refractivity contribution in [2.45, 2.75) is 38.3 Å². The van der Waals surface area contributed by atoms with Crippen molar-refractivity contribution >= 4 is 42.7 Å². The Morgan fingerprint density at radius 1 is 1.18 bits per heavy atom. The summed E-state index contributed by atoms with van der Waals surface area (Å²) in [5.74, 6) is 0.888. The number of nitrogens with zero attached hydrogens (tertiary/aromatic N) is 3. The standard InChI is InChI=1S/C20H25BrN4O2S/c1-5-10-25-19-9-7-16(28(26,27)24(3)4)12-18(19)23-20(25)13-22-17-8-6-15(21)11-14(17)2/h6-9,11-12,22H,5,10,13H2,1-4H3. The van der Waals surface area contributed by atoms with Crippen molar-refractivity contribution in [1.29, 1.82) is 0 Å². The van der Waals surface area contributed by atoms with Gasteiger partial charge >= 0.3 is 0 Å². The second kappa shape index (κ2) is 8.23. The molecule has 6 nitrogen and oxygen atoms in total. The number of sulfonamides is 1. The van der Waals surface area contributed by atoms with Crippen molar-refractivity contribution in [1.82, 2.24) is 13.9 Å². The molecule has 1 aromatic heterocycles. The van der Waals surface area contributed by atoms with E-state index in [1.54, 1.807) is 12.1 Å². The largest absolute Gasteiger partial charge is 0.378 e. The Morgan fingerprint density at radius 2 is 1.93 bits per heavy atom. The lowest BCUT2D eigenvalue weighted by Gasteiger charge is -2.12. The summed E-state index contributed by atoms with van der Waals surface area (Å²) >= 11 is 3.48. The van der Waals surface area contributed by atoms with Crippen LogP contribution in [0.1, 0.15) is 24.7 Å². The van der Waals surface area contributed by atoms with Crippen molar-refractivity contribution in [3.05, 3.63) is 52.3 Å².